The lowest BCUT2D eigenvalue weighted by Gasteiger charge is -2.24. The molecule has 0 aliphatic rings. The molecule has 0 aromatic heterocycles. The van der Waals surface area contributed by atoms with Gasteiger partial charge in [-0.05, 0) is 98.8 Å². The van der Waals surface area contributed by atoms with E-state index in [0.717, 1.165) is 14.3 Å². The number of nitrogens with one attached hydrogen (secondary N) is 2. The fourth-order valence-electron chi connectivity index (χ4n) is 3.81. The quantitative estimate of drug-likeness (QED) is 0.211. The largest absolute Gasteiger partial charge is 0.494 e. The SMILES string of the molecule is CCOc1ccc(S(=O)(=O)N(CC(=O)Nc2ccc(S(=O)(=O)Nc3ccc(Br)cc3)cc2)c2ccc(C)cc2)cc1. The van der Waals surface area contributed by atoms with Gasteiger partial charge in [0.05, 0.1) is 22.1 Å². The van der Waals surface area contributed by atoms with E-state index in [9.17, 15) is 21.6 Å². The van der Waals surface area contributed by atoms with Crippen LogP contribution in [0.1, 0.15) is 12.5 Å². The van der Waals surface area contributed by atoms with E-state index >= 15 is 0 Å². The van der Waals surface area contributed by atoms with Gasteiger partial charge in [-0.3, -0.25) is 13.8 Å². The zero-order chi connectivity index (χ0) is 29.6. The van der Waals surface area contributed by atoms with Gasteiger partial charge in [-0.2, -0.15) is 0 Å². The topological polar surface area (TPSA) is 122 Å². The molecule has 2 N–H and O–H groups in total. The molecular formula is C29H28BrN3O6S2. The molecule has 0 aliphatic heterocycles. The van der Waals surface area contributed by atoms with E-state index in [-0.39, 0.29) is 9.79 Å². The second-order valence-corrected chi connectivity index (χ2v) is 13.4. The number of amides is 1. The molecule has 4 aromatic rings. The Morgan fingerprint density at radius 1 is 0.780 bits per heavy atom. The second-order valence-electron chi connectivity index (χ2n) is 8.94. The third-order valence-corrected chi connectivity index (χ3v) is 9.59. The third-order valence-electron chi connectivity index (χ3n) is 5.88. The summed E-state index contributed by atoms with van der Waals surface area (Å²) in [6.45, 7) is 3.63. The lowest BCUT2D eigenvalue weighted by atomic mass is 10.2. The lowest BCUT2D eigenvalue weighted by Crippen LogP contribution is -2.38. The van der Waals surface area contributed by atoms with Gasteiger partial charge in [0.1, 0.15) is 12.3 Å². The Morgan fingerprint density at radius 3 is 1.93 bits per heavy atom. The highest BCUT2D eigenvalue weighted by Gasteiger charge is 2.27. The molecule has 0 aliphatic carbocycles. The van der Waals surface area contributed by atoms with Crippen molar-refractivity contribution >= 4 is 58.9 Å². The maximum atomic E-state index is 13.6. The van der Waals surface area contributed by atoms with Crippen molar-refractivity contribution in [3.8, 4) is 5.75 Å². The van der Waals surface area contributed by atoms with Crippen LogP contribution >= 0.6 is 15.9 Å². The van der Waals surface area contributed by atoms with Crippen LogP contribution in [0.3, 0.4) is 0 Å². The summed E-state index contributed by atoms with van der Waals surface area (Å²) in [5, 5.41) is 2.65. The Labute approximate surface area is 248 Å². The van der Waals surface area contributed by atoms with Gasteiger partial charge in [0.15, 0.2) is 0 Å². The molecule has 0 radical (unpaired) electrons. The predicted octanol–water partition coefficient (Wildman–Crippen LogP) is 5.79. The van der Waals surface area contributed by atoms with E-state index in [1.165, 1.54) is 36.4 Å². The van der Waals surface area contributed by atoms with Gasteiger partial charge in [-0.25, -0.2) is 16.8 Å². The number of carbonyl (C=O) groups excluding carboxylic acids is 1. The van der Waals surface area contributed by atoms with Gasteiger partial charge in [-0.15, -0.1) is 0 Å². The molecule has 4 aromatic carbocycles. The van der Waals surface area contributed by atoms with Crippen molar-refractivity contribution in [3.63, 3.8) is 0 Å². The van der Waals surface area contributed by atoms with Crippen molar-refractivity contribution in [1.29, 1.82) is 0 Å². The number of rotatable bonds is 11. The molecule has 12 heteroatoms. The van der Waals surface area contributed by atoms with Crippen LogP contribution in [0.4, 0.5) is 17.1 Å². The standard InChI is InChI=1S/C29H28BrN3O6S2/c1-3-39-26-14-18-28(19-15-26)41(37,38)33(25-12-4-21(2)5-13-25)20-29(34)31-23-10-16-27(17-11-23)40(35,36)32-24-8-6-22(30)7-9-24/h4-19,32H,3,20H2,1-2H3,(H,31,34). The maximum Gasteiger partial charge on any atom is 0.264 e. The molecule has 0 fully saturated rings. The van der Waals surface area contributed by atoms with Crippen molar-refractivity contribution in [2.24, 2.45) is 0 Å². The van der Waals surface area contributed by atoms with Crippen LogP contribution in [0.5, 0.6) is 5.75 Å². The van der Waals surface area contributed by atoms with Crippen molar-refractivity contribution in [3.05, 3.63) is 107 Å². The summed E-state index contributed by atoms with van der Waals surface area (Å²) in [7, 11) is -7.98. The minimum atomic E-state index is -4.12. The molecule has 0 bridgehead atoms. The summed E-state index contributed by atoms with van der Waals surface area (Å²) in [4.78, 5) is 13.1. The molecule has 0 saturated carbocycles. The van der Waals surface area contributed by atoms with E-state index in [0.29, 0.717) is 29.4 Å². The van der Waals surface area contributed by atoms with Crippen LogP contribution in [0.15, 0.2) is 111 Å². The molecule has 0 saturated heterocycles. The van der Waals surface area contributed by atoms with Gasteiger partial charge in [0, 0.05) is 15.8 Å². The number of aryl methyl sites for hydroxylation is 1. The number of hydrogen-bond acceptors (Lipinski definition) is 6. The van der Waals surface area contributed by atoms with E-state index in [4.69, 9.17) is 4.74 Å². The minimum absolute atomic E-state index is 0.00200. The summed E-state index contributed by atoms with van der Waals surface area (Å²) in [6.07, 6.45) is 0. The Bertz CT molecular complexity index is 1710. The number of halogens is 1. The van der Waals surface area contributed by atoms with E-state index in [2.05, 4.69) is 26.0 Å². The average molecular weight is 659 g/mol. The highest BCUT2D eigenvalue weighted by Crippen LogP contribution is 2.26. The van der Waals surface area contributed by atoms with Crippen LogP contribution in [0.2, 0.25) is 0 Å². The maximum absolute atomic E-state index is 13.6. The molecule has 214 valence electrons. The summed E-state index contributed by atoms with van der Waals surface area (Å²) in [5.74, 6) is -0.0766. The van der Waals surface area contributed by atoms with Gasteiger partial charge < -0.3 is 10.1 Å². The Morgan fingerprint density at radius 2 is 1.34 bits per heavy atom. The number of nitrogens with zero attached hydrogens (tertiary/aromatic N) is 1. The molecular weight excluding hydrogens is 630 g/mol. The third kappa shape index (κ3) is 7.66. The number of carbonyl (C=O) groups is 1. The monoisotopic (exact) mass is 657 g/mol. The second kappa shape index (κ2) is 12.8. The lowest BCUT2D eigenvalue weighted by molar-refractivity contribution is -0.114. The number of benzene rings is 4. The summed E-state index contributed by atoms with van der Waals surface area (Å²) < 4.78 is 62.5. The zero-order valence-corrected chi connectivity index (χ0v) is 25.5. The number of ether oxygens (including phenoxy) is 1. The van der Waals surface area contributed by atoms with E-state index < -0.39 is 32.5 Å². The highest BCUT2D eigenvalue weighted by atomic mass is 79.9. The van der Waals surface area contributed by atoms with Crippen molar-refractivity contribution in [2.45, 2.75) is 23.6 Å². The van der Waals surface area contributed by atoms with Crippen molar-refractivity contribution in [1.82, 2.24) is 0 Å². The van der Waals surface area contributed by atoms with Crippen LogP contribution < -0.4 is 19.1 Å². The summed E-state index contributed by atoms with van der Waals surface area (Å²) in [5.41, 5.74) is 1.96. The highest BCUT2D eigenvalue weighted by molar-refractivity contribution is 9.10. The van der Waals surface area contributed by atoms with Crippen molar-refractivity contribution in [2.75, 3.05) is 27.5 Å². The summed E-state index contributed by atoms with van der Waals surface area (Å²) in [6, 6.07) is 25.0. The van der Waals surface area contributed by atoms with Crippen LogP contribution in [-0.4, -0.2) is 35.9 Å². The normalized spacial score (nSPS) is 11.5. The molecule has 0 heterocycles. The average Bonchev–Trinajstić information content (AvgIpc) is 2.94. The van der Waals surface area contributed by atoms with Crippen molar-refractivity contribution < 1.29 is 26.4 Å². The molecule has 0 atom stereocenters. The first-order chi connectivity index (χ1) is 19.5. The van der Waals surface area contributed by atoms with Gasteiger partial charge >= 0.3 is 0 Å². The fourth-order valence-corrected chi connectivity index (χ4v) is 6.55. The molecule has 0 unspecified atom stereocenters. The van der Waals surface area contributed by atoms with Gasteiger partial charge in [-0.1, -0.05) is 33.6 Å². The van der Waals surface area contributed by atoms with Crippen LogP contribution in [0.25, 0.3) is 0 Å². The first-order valence-electron chi connectivity index (χ1n) is 12.5. The molecule has 41 heavy (non-hydrogen) atoms. The predicted molar refractivity (Wildman–Crippen MR) is 163 cm³/mol. The minimum Gasteiger partial charge on any atom is -0.494 e. The molecule has 0 spiro atoms. The van der Waals surface area contributed by atoms with Gasteiger partial charge in [0.2, 0.25) is 5.91 Å². The first kappa shape index (κ1) is 30.1. The molecule has 9 nitrogen and oxygen atoms in total. The first-order valence-corrected chi connectivity index (χ1v) is 16.2. The number of hydrogen-bond donors (Lipinski definition) is 2. The number of anilines is 3. The van der Waals surface area contributed by atoms with E-state index in [1.807, 2.05) is 13.8 Å². The van der Waals surface area contributed by atoms with Crippen LogP contribution in [-0.2, 0) is 24.8 Å². The zero-order valence-electron chi connectivity index (χ0n) is 22.2. The Hall–Kier alpha value is -3.87. The van der Waals surface area contributed by atoms with E-state index in [1.54, 1.807) is 60.7 Å². The molecule has 1 amide bonds. The number of sulfonamides is 2. The smallest absolute Gasteiger partial charge is 0.264 e. The fraction of sp³-hybridized carbons (Fsp3) is 0.138. The Kier molecular flexibility index (Phi) is 9.36. The van der Waals surface area contributed by atoms with Crippen LogP contribution in [0, 0.1) is 6.92 Å². The van der Waals surface area contributed by atoms with Gasteiger partial charge in [0.25, 0.3) is 20.0 Å². The summed E-state index contributed by atoms with van der Waals surface area (Å²) >= 11 is 3.31. The molecule has 4 rings (SSSR count). The Balaban J connectivity index is 1.52.